The summed E-state index contributed by atoms with van der Waals surface area (Å²) in [5, 5.41) is 17.7. The van der Waals surface area contributed by atoms with Gasteiger partial charge in [-0.1, -0.05) is 44.2 Å². The van der Waals surface area contributed by atoms with E-state index in [1.165, 1.54) is 5.56 Å². The Labute approximate surface area is 165 Å². The first-order valence-corrected chi connectivity index (χ1v) is 9.61. The molecular weight excluding hydrogens is 344 g/mol. The zero-order valence-corrected chi connectivity index (χ0v) is 16.1. The maximum atomic E-state index is 9.30. The number of rotatable bonds is 3. The highest BCUT2D eigenvalue weighted by Crippen LogP contribution is 2.39. The van der Waals surface area contributed by atoms with E-state index in [-0.39, 0.29) is 0 Å². The maximum absolute atomic E-state index is 9.30. The summed E-state index contributed by atoms with van der Waals surface area (Å²) in [6.07, 6.45) is 8.93. The van der Waals surface area contributed by atoms with Gasteiger partial charge in [0.25, 0.3) is 0 Å². The van der Waals surface area contributed by atoms with Gasteiger partial charge in [-0.05, 0) is 48.1 Å². The van der Waals surface area contributed by atoms with Crippen molar-refractivity contribution in [1.29, 1.82) is 5.26 Å². The standard InChI is InChI=1S/C24H22N4/c1-16-13-24-23(11-12-27-28-24)21(17(16)2)10-9-20-8-7-19(15-26-20)22-6-4-3-5-18(22)14-25/h3-12,15-17,21H,13H2,1-2H3/b10-9+/t16?,17-,21?/m1/s1. The van der Waals surface area contributed by atoms with Crippen LogP contribution in [-0.4, -0.2) is 15.2 Å². The summed E-state index contributed by atoms with van der Waals surface area (Å²) in [5.41, 5.74) is 5.82. The molecule has 2 heterocycles. The second kappa shape index (κ2) is 7.74. The summed E-state index contributed by atoms with van der Waals surface area (Å²) < 4.78 is 0. The number of aromatic nitrogens is 3. The minimum atomic E-state index is 0.315. The summed E-state index contributed by atoms with van der Waals surface area (Å²) in [6.45, 7) is 4.58. The SMILES string of the molecule is CC1Cc2nnccc2C(/C=C/c2ccc(-c3ccccc3C#N)cn2)[C@@H]1C. The fourth-order valence-electron chi connectivity index (χ4n) is 3.94. The van der Waals surface area contributed by atoms with Crippen molar-refractivity contribution >= 4 is 6.08 Å². The number of hydrogen-bond acceptors (Lipinski definition) is 4. The highest BCUT2D eigenvalue weighted by molar-refractivity contribution is 5.70. The Balaban J connectivity index is 1.60. The van der Waals surface area contributed by atoms with E-state index in [0.717, 1.165) is 28.9 Å². The lowest BCUT2D eigenvalue weighted by atomic mass is 9.72. The van der Waals surface area contributed by atoms with Crippen molar-refractivity contribution in [1.82, 2.24) is 15.2 Å². The minimum absolute atomic E-state index is 0.315. The van der Waals surface area contributed by atoms with Gasteiger partial charge in [0.05, 0.1) is 23.0 Å². The molecule has 0 radical (unpaired) electrons. The molecular formula is C24H22N4. The van der Waals surface area contributed by atoms with Gasteiger partial charge in [-0.3, -0.25) is 4.98 Å². The molecule has 0 fully saturated rings. The fraction of sp³-hybridized carbons (Fsp3) is 0.250. The van der Waals surface area contributed by atoms with Crippen molar-refractivity contribution < 1.29 is 0 Å². The van der Waals surface area contributed by atoms with Crippen molar-refractivity contribution in [2.75, 3.05) is 0 Å². The van der Waals surface area contributed by atoms with E-state index >= 15 is 0 Å². The van der Waals surface area contributed by atoms with Crippen LogP contribution >= 0.6 is 0 Å². The molecule has 0 saturated heterocycles. The van der Waals surface area contributed by atoms with E-state index in [4.69, 9.17) is 0 Å². The number of benzene rings is 1. The van der Waals surface area contributed by atoms with Crippen molar-refractivity contribution in [2.24, 2.45) is 11.8 Å². The first-order valence-electron chi connectivity index (χ1n) is 9.61. The summed E-state index contributed by atoms with van der Waals surface area (Å²) in [4.78, 5) is 4.59. The van der Waals surface area contributed by atoms with Crippen LogP contribution in [0.4, 0.5) is 0 Å². The van der Waals surface area contributed by atoms with Crippen LogP contribution in [0, 0.1) is 23.2 Å². The van der Waals surface area contributed by atoms with Crippen LogP contribution in [-0.2, 0) is 6.42 Å². The van der Waals surface area contributed by atoms with Crippen LogP contribution in [0.2, 0.25) is 0 Å². The molecule has 4 nitrogen and oxygen atoms in total. The average Bonchev–Trinajstić information content (AvgIpc) is 2.74. The zero-order chi connectivity index (χ0) is 19.5. The highest BCUT2D eigenvalue weighted by atomic mass is 15.1. The third-order valence-electron chi connectivity index (χ3n) is 5.79. The van der Waals surface area contributed by atoms with E-state index < -0.39 is 0 Å². The van der Waals surface area contributed by atoms with Gasteiger partial charge in [0.15, 0.2) is 0 Å². The molecule has 0 saturated carbocycles. The van der Waals surface area contributed by atoms with Crippen LogP contribution < -0.4 is 0 Å². The molecule has 1 aliphatic carbocycles. The lowest BCUT2D eigenvalue weighted by Gasteiger charge is -2.33. The predicted molar refractivity (Wildman–Crippen MR) is 110 cm³/mol. The highest BCUT2D eigenvalue weighted by Gasteiger charge is 2.30. The zero-order valence-electron chi connectivity index (χ0n) is 16.1. The Morgan fingerprint density at radius 3 is 2.75 bits per heavy atom. The maximum Gasteiger partial charge on any atom is 0.0998 e. The van der Waals surface area contributed by atoms with Crippen LogP contribution in [0.25, 0.3) is 17.2 Å². The largest absolute Gasteiger partial charge is 0.256 e. The lowest BCUT2D eigenvalue weighted by molar-refractivity contribution is 0.326. The van der Waals surface area contributed by atoms with E-state index in [9.17, 15) is 5.26 Å². The van der Waals surface area contributed by atoms with Gasteiger partial charge < -0.3 is 0 Å². The molecule has 4 rings (SSSR count). The molecule has 0 spiro atoms. The number of allylic oxidation sites excluding steroid dienone is 1. The summed E-state index contributed by atoms with van der Waals surface area (Å²) in [7, 11) is 0. The smallest absolute Gasteiger partial charge is 0.0998 e. The van der Waals surface area contributed by atoms with Crippen molar-refractivity contribution in [3.8, 4) is 17.2 Å². The molecule has 1 aliphatic rings. The molecule has 1 aromatic carbocycles. The van der Waals surface area contributed by atoms with Gasteiger partial charge in [0.1, 0.15) is 0 Å². The average molecular weight is 366 g/mol. The van der Waals surface area contributed by atoms with Crippen LogP contribution in [0.15, 0.2) is 60.9 Å². The van der Waals surface area contributed by atoms with Gasteiger partial charge in [-0.15, -0.1) is 0 Å². The van der Waals surface area contributed by atoms with E-state index in [2.05, 4.69) is 53.3 Å². The molecule has 3 aromatic rings. The Hall–Kier alpha value is -3.32. The van der Waals surface area contributed by atoms with Crippen LogP contribution in [0.5, 0.6) is 0 Å². The van der Waals surface area contributed by atoms with Gasteiger partial charge in [-0.2, -0.15) is 15.5 Å². The molecule has 0 aliphatic heterocycles. The quantitative estimate of drug-likeness (QED) is 0.652. The lowest BCUT2D eigenvalue weighted by Crippen LogP contribution is -2.26. The van der Waals surface area contributed by atoms with Crippen molar-refractivity contribution in [2.45, 2.75) is 26.2 Å². The minimum Gasteiger partial charge on any atom is -0.256 e. The number of nitriles is 1. The first kappa shape index (κ1) is 18.1. The van der Waals surface area contributed by atoms with E-state index in [1.54, 1.807) is 6.20 Å². The molecule has 0 bridgehead atoms. The molecule has 138 valence electrons. The number of hydrogen-bond donors (Lipinski definition) is 0. The number of fused-ring (bicyclic) bond motifs is 1. The summed E-state index contributed by atoms with van der Waals surface area (Å²) in [6, 6.07) is 16.0. The van der Waals surface area contributed by atoms with Crippen molar-refractivity contribution in [3.63, 3.8) is 0 Å². The molecule has 4 heteroatoms. The number of pyridine rings is 1. The van der Waals surface area contributed by atoms with Crippen molar-refractivity contribution in [3.05, 3.63) is 83.4 Å². The molecule has 2 unspecified atom stereocenters. The second-order valence-electron chi connectivity index (χ2n) is 7.49. The van der Waals surface area contributed by atoms with E-state index in [1.807, 2.05) is 42.6 Å². The fourth-order valence-corrected chi connectivity index (χ4v) is 3.94. The third-order valence-corrected chi connectivity index (χ3v) is 5.79. The summed E-state index contributed by atoms with van der Waals surface area (Å²) in [5.74, 6) is 1.42. The molecule has 3 atom stereocenters. The molecule has 2 aromatic heterocycles. The Morgan fingerprint density at radius 1 is 1.11 bits per heavy atom. The van der Waals surface area contributed by atoms with Gasteiger partial charge >= 0.3 is 0 Å². The third kappa shape index (κ3) is 3.44. The Bertz CT molecular complexity index is 1050. The molecule has 0 N–H and O–H groups in total. The number of nitrogens with zero attached hydrogens (tertiary/aromatic N) is 4. The van der Waals surface area contributed by atoms with Gasteiger partial charge in [0.2, 0.25) is 0 Å². The first-order chi connectivity index (χ1) is 13.7. The van der Waals surface area contributed by atoms with Gasteiger partial charge in [0, 0.05) is 29.4 Å². The molecule has 0 amide bonds. The summed E-state index contributed by atoms with van der Waals surface area (Å²) >= 11 is 0. The van der Waals surface area contributed by atoms with Gasteiger partial charge in [-0.25, -0.2) is 0 Å². The molecule has 28 heavy (non-hydrogen) atoms. The van der Waals surface area contributed by atoms with E-state index in [0.29, 0.717) is 23.3 Å². The second-order valence-corrected chi connectivity index (χ2v) is 7.49. The monoisotopic (exact) mass is 366 g/mol. The normalized spacial score (nSPS) is 21.2. The Kier molecular flexibility index (Phi) is 4.99. The van der Waals surface area contributed by atoms with Crippen LogP contribution in [0.3, 0.4) is 0 Å². The van der Waals surface area contributed by atoms with Crippen LogP contribution in [0.1, 0.15) is 42.3 Å². The predicted octanol–water partition coefficient (Wildman–Crippen LogP) is 5.04. The topological polar surface area (TPSA) is 62.5 Å². The Morgan fingerprint density at radius 2 is 1.96 bits per heavy atom.